The second kappa shape index (κ2) is 24.1. The lowest BCUT2D eigenvalue weighted by Crippen LogP contribution is -2.54. The highest BCUT2D eigenvalue weighted by atomic mass is 16.5. The van der Waals surface area contributed by atoms with E-state index in [9.17, 15) is 9.59 Å². The molecule has 2 aliphatic heterocycles. The third kappa shape index (κ3) is 10.9. The first-order valence-corrected chi connectivity index (χ1v) is 31.3. The molecule has 11 aromatic rings. The van der Waals surface area contributed by atoms with Crippen molar-refractivity contribution >= 4 is 101 Å². The Bertz CT molecular complexity index is 4360. The van der Waals surface area contributed by atoms with Crippen molar-refractivity contribution in [2.24, 2.45) is 11.8 Å². The van der Waals surface area contributed by atoms with Gasteiger partial charge >= 0.3 is 0 Å². The van der Waals surface area contributed by atoms with Gasteiger partial charge in [-0.15, -0.1) is 0 Å². The molecule has 6 amide bonds. The predicted molar refractivity (Wildman–Crippen MR) is 370 cm³/mol. The lowest BCUT2D eigenvalue weighted by atomic mass is 9.80. The molecule has 2 atom stereocenters. The quantitative estimate of drug-likeness (QED) is 0.0473. The summed E-state index contributed by atoms with van der Waals surface area (Å²) in [6.07, 6.45) is 0. The molecule has 13 rings (SSSR count). The van der Waals surface area contributed by atoms with Crippen molar-refractivity contribution in [1.29, 1.82) is 0 Å². The van der Waals surface area contributed by atoms with E-state index in [2.05, 4.69) is 10.6 Å². The molecule has 0 fully saturated rings. The summed E-state index contributed by atoms with van der Waals surface area (Å²) in [5.74, 6) is -3.44. The van der Waals surface area contributed by atoms with Crippen LogP contribution >= 0.6 is 0 Å². The van der Waals surface area contributed by atoms with Gasteiger partial charge in [0.1, 0.15) is 58.1 Å². The molecule has 94 heavy (non-hydrogen) atoms. The van der Waals surface area contributed by atoms with E-state index in [1.807, 2.05) is 138 Å². The van der Waals surface area contributed by atoms with E-state index in [1.165, 1.54) is 0 Å². The first-order chi connectivity index (χ1) is 45.0. The topological polar surface area (TPSA) is 176 Å². The lowest BCUT2D eigenvalue weighted by molar-refractivity contribution is -0.121. The molecule has 16 nitrogen and oxygen atoms in total. The van der Waals surface area contributed by atoms with Crippen molar-refractivity contribution in [2.75, 3.05) is 48.6 Å². The van der Waals surface area contributed by atoms with Crippen LogP contribution in [0.2, 0.25) is 0 Å². The van der Waals surface area contributed by atoms with Crippen LogP contribution in [0.4, 0.5) is 22.7 Å². The summed E-state index contributed by atoms with van der Waals surface area (Å²) >= 11 is 0. The van der Waals surface area contributed by atoms with Gasteiger partial charge in [0, 0.05) is 94.0 Å². The summed E-state index contributed by atoms with van der Waals surface area (Å²) in [6.45, 7) is 14.9. The van der Waals surface area contributed by atoms with Crippen LogP contribution in [0.1, 0.15) is 91.4 Å². The number of imide groups is 2. The normalized spacial score (nSPS) is 13.6. The number of benzene rings is 11. The monoisotopic (exact) mass is 1250 g/mol. The second-order valence-corrected chi connectivity index (χ2v) is 25.5. The van der Waals surface area contributed by atoms with E-state index in [1.54, 1.807) is 125 Å². The number of hydrogen-bond donors (Lipinski definition) is 2. The summed E-state index contributed by atoms with van der Waals surface area (Å²) in [5.41, 5.74) is 6.69. The first kappa shape index (κ1) is 61.6. The highest BCUT2D eigenvalue weighted by molar-refractivity contribution is 6.45. The zero-order valence-electron chi connectivity index (χ0n) is 54.3. The number of hydrogen-bond acceptors (Lipinski definition) is 12. The third-order valence-corrected chi connectivity index (χ3v) is 17.6. The van der Waals surface area contributed by atoms with Crippen molar-refractivity contribution < 1.29 is 47.7 Å². The molecule has 16 heteroatoms. The van der Waals surface area contributed by atoms with Crippen molar-refractivity contribution in [3.05, 3.63) is 214 Å². The molecule has 2 unspecified atom stereocenters. The fraction of sp³-hybridized carbons (Fsp3) is 0.205. The van der Waals surface area contributed by atoms with E-state index < -0.39 is 59.4 Å². The Balaban J connectivity index is 1.15. The Kier molecular flexibility index (Phi) is 15.8. The van der Waals surface area contributed by atoms with Gasteiger partial charge in [-0.2, -0.15) is 0 Å². The van der Waals surface area contributed by atoms with Gasteiger partial charge in [0.25, 0.3) is 23.6 Å². The molecule has 0 saturated heterocycles. The highest BCUT2D eigenvalue weighted by Crippen LogP contribution is 2.58. The van der Waals surface area contributed by atoms with Crippen LogP contribution in [0.5, 0.6) is 46.0 Å². The smallest absolute Gasteiger partial charge is 0.262 e. The van der Waals surface area contributed by atoms with Gasteiger partial charge in [0.05, 0.1) is 22.3 Å². The molecule has 472 valence electrons. The van der Waals surface area contributed by atoms with E-state index in [0.717, 1.165) is 43.4 Å². The summed E-state index contributed by atoms with van der Waals surface area (Å²) in [4.78, 5) is 100. The van der Waals surface area contributed by atoms with Crippen LogP contribution in [0.15, 0.2) is 170 Å². The minimum atomic E-state index is -1.33. The van der Waals surface area contributed by atoms with Crippen LogP contribution in [-0.2, 0) is 9.59 Å². The molecule has 0 bridgehead atoms. The molecule has 2 N–H and O–H groups in total. The van der Waals surface area contributed by atoms with E-state index in [4.69, 9.17) is 18.9 Å². The number of nitrogens with one attached hydrogen (secondary N) is 2. The Morgan fingerprint density at radius 3 is 0.787 bits per heavy atom. The van der Waals surface area contributed by atoms with E-state index in [0.29, 0.717) is 66.7 Å². The summed E-state index contributed by atoms with van der Waals surface area (Å²) in [6, 6.07) is 47.8. The second-order valence-electron chi connectivity index (χ2n) is 25.5. The molecule has 0 aromatic heterocycles. The Hall–Kier alpha value is -11.3. The van der Waals surface area contributed by atoms with Gasteiger partial charge in [-0.1, -0.05) is 98.5 Å². The van der Waals surface area contributed by atoms with Gasteiger partial charge in [0.2, 0.25) is 11.8 Å². The predicted octanol–water partition coefficient (Wildman–Crippen LogP) is 16.8. The molecule has 0 spiro atoms. The summed E-state index contributed by atoms with van der Waals surface area (Å²) < 4.78 is 28.6. The Morgan fingerprint density at radius 2 is 0.574 bits per heavy atom. The minimum absolute atomic E-state index is 0.0380. The van der Waals surface area contributed by atoms with Gasteiger partial charge in [0.15, 0.2) is 0 Å². The average Bonchev–Trinajstić information content (AvgIpc) is 0.672. The van der Waals surface area contributed by atoms with E-state index in [-0.39, 0.29) is 56.0 Å². The maximum Gasteiger partial charge on any atom is 0.262 e. The van der Waals surface area contributed by atoms with Gasteiger partial charge in [-0.25, -0.2) is 0 Å². The van der Waals surface area contributed by atoms with Crippen molar-refractivity contribution in [3.8, 4) is 46.0 Å². The number of anilines is 4. The number of rotatable bonds is 18. The maximum absolute atomic E-state index is 16.1. The molecule has 0 aliphatic carbocycles. The maximum atomic E-state index is 16.1. The molecular formula is C78H70N6O10. The Labute approximate surface area is 544 Å². The van der Waals surface area contributed by atoms with Crippen LogP contribution < -0.4 is 39.4 Å². The largest absolute Gasteiger partial charge is 0.457 e. The number of carbonyl (C=O) groups excluding carboxylic acids is 6. The molecule has 0 radical (unpaired) electrons. The first-order valence-electron chi connectivity index (χ1n) is 31.3. The zero-order valence-corrected chi connectivity index (χ0v) is 54.3. The van der Waals surface area contributed by atoms with Gasteiger partial charge in [-0.05, 0) is 161 Å². The van der Waals surface area contributed by atoms with Gasteiger partial charge < -0.3 is 39.4 Å². The molecule has 2 heterocycles. The molecular weight excluding hydrogens is 1180 g/mol. The van der Waals surface area contributed by atoms with Crippen LogP contribution in [0.25, 0.3) is 43.1 Å². The molecule has 2 aliphatic rings. The van der Waals surface area contributed by atoms with Crippen LogP contribution in [0.3, 0.4) is 0 Å². The van der Waals surface area contributed by atoms with Crippen molar-refractivity contribution in [1.82, 2.24) is 9.80 Å². The standard InChI is InChI=1S/C78H70N6O10/c1-41(2)71(73(85)79-47-21-25-49(26-22-47)81(9)10)83-75(87)55-37-59(91-51-29-13-43(5)14-30-51)65-67-61(93-53-33-17-45(7)18-34-53)39-57-64-58(78(90)84(77(57)89)72(42(3)4)74(86)80-48-23-27-50(28-24-48)82(11)12)40-62(94-54-35-19-46(8)20-36-54)68(70(64)67)66-60(92-52-31-15-44(6)16-32-52)38-56(76(83)88)63(55)69(65)66/h13-42,71-72H,1-12H3,(H,79,85)(H,80,86). The number of aryl methyl sites for hydroxylation is 4. The number of carbonyl (C=O) groups is 6. The van der Waals surface area contributed by atoms with Crippen molar-refractivity contribution in [2.45, 2.75) is 67.5 Å². The highest BCUT2D eigenvalue weighted by Gasteiger charge is 2.47. The average molecular weight is 1250 g/mol. The minimum Gasteiger partial charge on any atom is -0.457 e. The van der Waals surface area contributed by atoms with Crippen LogP contribution in [0, 0.1) is 39.5 Å². The number of ether oxygens (including phenoxy) is 4. The Morgan fingerprint density at radius 1 is 0.340 bits per heavy atom. The van der Waals surface area contributed by atoms with E-state index >= 15 is 19.2 Å². The fourth-order valence-corrected chi connectivity index (χ4v) is 12.9. The number of amides is 6. The number of nitrogens with zero attached hydrogens (tertiary/aromatic N) is 4. The van der Waals surface area contributed by atoms with Gasteiger partial charge in [-0.3, -0.25) is 38.6 Å². The summed E-state index contributed by atoms with van der Waals surface area (Å²) in [7, 11) is 7.65. The molecule has 0 saturated carbocycles. The third-order valence-electron chi connectivity index (χ3n) is 17.6. The van der Waals surface area contributed by atoms with Crippen LogP contribution in [-0.4, -0.2) is 85.5 Å². The lowest BCUT2D eigenvalue weighted by Gasteiger charge is -2.37. The van der Waals surface area contributed by atoms with Crippen molar-refractivity contribution in [3.63, 3.8) is 0 Å². The molecule has 11 aromatic carbocycles. The fourth-order valence-electron chi connectivity index (χ4n) is 12.9. The SMILES string of the molecule is Cc1ccc(Oc2cc3c4c(cc(Oc5ccc(C)cc5)c5c6c(Oc7ccc(C)cc7)cc7c8c(cc(Oc9ccc(C)cc9)c(c2c45)c86)C(=O)N(C(C(=O)Nc2ccc(N(C)C)cc2)C(C)C)C7=O)C(=O)N(C(C(=O)Nc2ccc(N(C)C)cc2)C(C)C)C3=O)cc1. The number of fused-ring (bicyclic) bond motifs is 2. The zero-order chi connectivity index (χ0) is 66.3. The summed E-state index contributed by atoms with van der Waals surface area (Å²) in [5, 5.41) is 8.33.